The van der Waals surface area contributed by atoms with Gasteiger partial charge in [-0.2, -0.15) is 0 Å². The SMILES string of the molecule is O=CC1=CCCC(N(O)O)C1. The molecule has 1 atom stereocenters. The zero-order chi connectivity index (χ0) is 8.27. The van der Waals surface area contributed by atoms with Gasteiger partial charge in [-0.15, -0.1) is 0 Å². The molecule has 0 spiro atoms. The molecule has 0 fully saturated rings. The Morgan fingerprint density at radius 2 is 2.36 bits per heavy atom. The minimum absolute atomic E-state index is 0.191. The summed E-state index contributed by atoms with van der Waals surface area (Å²) in [5.41, 5.74) is 0.648. The Labute approximate surface area is 64.7 Å². The van der Waals surface area contributed by atoms with Gasteiger partial charge in [0.2, 0.25) is 0 Å². The van der Waals surface area contributed by atoms with Gasteiger partial charge in [0.15, 0.2) is 0 Å². The van der Waals surface area contributed by atoms with E-state index in [0.717, 1.165) is 12.7 Å². The van der Waals surface area contributed by atoms with Crippen LogP contribution in [0.15, 0.2) is 11.6 Å². The molecule has 4 nitrogen and oxygen atoms in total. The van der Waals surface area contributed by atoms with Crippen LogP contribution in [0.4, 0.5) is 0 Å². The Bertz CT molecular complexity index is 177. The highest BCUT2D eigenvalue weighted by molar-refractivity contribution is 5.73. The van der Waals surface area contributed by atoms with E-state index in [0.29, 0.717) is 18.4 Å². The van der Waals surface area contributed by atoms with Gasteiger partial charge < -0.3 is 0 Å². The number of hydrogen-bond donors (Lipinski definition) is 2. The maximum Gasteiger partial charge on any atom is 0.145 e. The average Bonchev–Trinajstić information content (AvgIpc) is 2.05. The summed E-state index contributed by atoms with van der Waals surface area (Å²) in [4.78, 5) is 10.3. The van der Waals surface area contributed by atoms with E-state index in [1.165, 1.54) is 0 Å². The van der Waals surface area contributed by atoms with Crippen molar-refractivity contribution in [3.63, 3.8) is 0 Å². The molecular weight excluding hydrogens is 146 g/mol. The van der Waals surface area contributed by atoms with Crippen LogP contribution in [0.1, 0.15) is 19.3 Å². The van der Waals surface area contributed by atoms with E-state index >= 15 is 0 Å². The smallest absolute Gasteiger partial charge is 0.145 e. The third-order valence-electron chi connectivity index (χ3n) is 1.86. The molecule has 0 saturated heterocycles. The van der Waals surface area contributed by atoms with E-state index in [1.54, 1.807) is 0 Å². The lowest BCUT2D eigenvalue weighted by molar-refractivity contribution is -0.332. The van der Waals surface area contributed by atoms with Gasteiger partial charge in [-0.25, -0.2) is 0 Å². The summed E-state index contributed by atoms with van der Waals surface area (Å²) in [5.74, 6) is 0. The molecule has 62 valence electrons. The Balaban J connectivity index is 2.52. The highest BCUT2D eigenvalue weighted by Gasteiger charge is 2.19. The van der Waals surface area contributed by atoms with Crippen molar-refractivity contribution in [1.82, 2.24) is 5.23 Å². The quantitative estimate of drug-likeness (QED) is 0.458. The second kappa shape index (κ2) is 3.61. The van der Waals surface area contributed by atoms with E-state index < -0.39 is 0 Å². The van der Waals surface area contributed by atoms with Gasteiger partial charge in [-0.3, -0.25) is 15.2 Å². The second-order valence-electron chi connectivity index (χ2n) is 2.65. The van der Waals surface area contributed by atoms with E-state index in [-0.39, 0.29) is 11.3 Å². The van der Waals surface area contributed by atoms with Gasteiger partial charge in [0.25, 0.3) is 0 Å². The van der Waals surface area contributed by atoms with Crippen molar-refractivity contribution >= 4 is 6.29 Å². The minimum Gasteiger partial charge on any atom is -0.298 e. The number of aldehydes is 1. The van der Waals surface area contributed by atoms with Crippen molar-refractivity contribution in [1.29, 1.82) is 0 Å². The molecule has 2 N–H and O–H groups in total. The number of rotatable bonds is 2. The summed E-state index contributed by atoms with van der Waals surface area (Å²) in [6, 6.07) is -0.319. The zero-order valence-corrected chi connectivity index (χ0v) is 6.10. The number of hydroxylamine groups is 2. The maximum absolute atomic E-state index is 10.3. The van der Waals surface area contributed by atoms with Crippen molar-refractivity contribution in [3.8, 4) is 0 Å². The second-order valence-corrected chi connectivity index (χ2v) is 2.65. The summed E-state index contributed by atoms with van der Waals surface area (Å²) in [6.45, 7) is 0. The molecule has 1 rings (SSSR count). The number of carbonyl (C=O) groups excluding carboxylic acids is 1. The number of nitrogens with zero attached hydrogens (tertiary/aromatic N) is 1. The van der Waals surface area contributed by atoms with Gasteiger partial charge >= 0.3 is 0 Å². The normalized spacial score (nSPS) is 25.0. The van der Waals surface area contributed by atoms with Crippen LogP contribution in [-0.2, 0) is 4.79 Å². The Morgan fingerprint density at radius 3 is 2.91 bits per heavy atom. The van der Waals surface area contributed by atoms with Crippen molar-refractivity contribution in [3.05, 3.63) is 11.6 Å². The summed E-state index contributed by atoms with van der Waals surface area (Å²) in [6.07, 6.45) is 4.43. The van der Waals surface area contributed by atoms with E-state index in [4.69, 9.17) is 10.4 Å². The minimum atomic E-state index is -0.319. The van der Waals surface area contributed by atoms with E-state index in [9.17, 15) is 4.79 Å². The van der Waals surface area contributed by atoms with Gasteiger partial charge in [-0.05, 0) is 24.8 Å². The fourth-order valence-electron chi connectivity index (χ4n) is 1.21. The molecule has 0 amide bonds. The standard InChI is InChI=1S/C7H11NO3/c9-5-6-2-1-3-7(4-6)8(10)11/h2,5,7,10-11H,1,3-4H2. The van der Waals surface area contributed by atoms with Crippen LogP contribution in [0.25, 0.3) is 0 Å². The molecule has 0 heterocycles. The van der Waals surface area contributed by atoms with Crippen molar-refractivity contribution in [2.45, 2.75) is 25.3 Å². The topological polar surface area (TPSA) is 60.8 Å². The fraction of sp³-hybridized carbons (Fsp3) is 0.571. The predicted molar refractivity (Wildman–Crippen MR) is 37.2 cm³/mol. The molecule has 1 aliphatic carbocycles. The van der Waals surface area contributed by atoms with Crippen LogP contribution in [0.3, 0.4) is 0 Å². The monoisotopic (exact) mass is 157 g/mol. The van der Waals surface area contributed by atoms with Crippen LogP contribution in [0, 0.1) is 0 Å². The van der Waals surface area contributed by atoms with E-state index in [1.807, 2.05) is 6.08 Å². The van der Waals surface area contributed by atoms with Crippen LogP contribution < -0.4 is 0 Å². The Kier molecular flexibility index (Phi) is 2.76. The molecule has 0 aliphatic heterocycles. The van der Waals surface area contributed by atoms with E-state index in [2.05, 4.69) is 0 Å². The Morgan fingerprint density at radius 1 is 1.64 bits per heavy atom. The molecule has 0 saturated carbocycles. The van der Waals surface area contributed by atoms with Crippen molar-refractivity contribution in [2.24, 2.45) is 0 Å². The average molecular weight is 157 g/mol. The maximum atomic E-state index is 10.3. The highest BCUT2D eigenvalue weighted by atomic mass is 16.8. The molecule has 0 aromatic carbocycles. The number of carbonyl (C=O) groups is 1. The van der Waals surface area contributed by atoms with Crippen LogP contribution >= 0.6 is 0 Å². The van der Waals surface area contributed by atoms with Gasteiger partial charge in [-0.1, -0.05) is 11.3 Å². The first kappa shape index (κ1) is 8.39. The highest BCUT2D eigenvalue weighted by Crippen LogP contribution is 2.19. The third-order valence-corrected chi connectivity index (χ3v) is 1.86. The molecule has 0 bridgehead atoms. The lowest BCUT2D eigenvalue weighted by Gasteiger charge is -2.22. The lowest BCUT2D eigenvalue weighted by atomic mass is 9.96. The first-order valence-electron chi connectivity index (χ1n) is 3.55. The van der Waals surface area contributed by atoms with Crippen molar-refractivity contribution < 1.29 is 15.2 Å². The van der Waals surface area contributed by atoms with Crippen LogP contribution in [-0.4, -0.2) is 28.0 Å². The summed E-state index contributed by atoms with van der Waals surface area (Å²) in [7, 11) is 0. The van der Waals surface area contributed by atoms with Crippen LogP contribution in [0.5, 0.6) is 0 Å². The number of hydrogen-bond acceptors (Lipinski definition) is 4. The first-order valence-corrected chi connectivity index (χ1v) is 3.55. The van der Waals surface area contributed by atoms with Gasteiger partial charge in [0, 0.05) is 0 Å². The predicted octanol–water partition coefficient (Wildman–Crippen LogP) is 0.745. The van der Waals surface area contributed by atoms with Crippen molar-refractivity contribution in [2.75, 3.05) is 0 Å². The summed E-state index contributed by atoms with van der Waals surface area (Å²) < 4.78 is 0. The third kappa shape index (κ3) is 2.11. The summed E-state index contributed by atoms with van der Waals surface area (Å²) in [5, 5.41) is 17.5. The molecule has 1 aliphatic rings. The summed E-state index contributed by atoms with van der Waals surface area (Å²) >= 11 is 0. The van der Waals surface area contributed by atoms with Crippen LogP contribution in [0.2, 0.25) is 0 Å². The zero-order valence-electron chi connectivity index (χ0n) is 6.10. The van der Waals surface area contributed by atoms with Gasteiger partial charge in [0.05, 0.1) is 6.04 Å². The first-order chi connectivity index (χ1) is 5.24. The molecular formula is C7H11NO3. The molecule has 1 unspecified atom stereocenters. The molecule has 0 aromatic heterocycles. The Hall–Kier alpha value is -0.710. The largest absolute Gasteiger partial charge is 0.298 e. The molecule has 11 heavy (non-hydrogen) atoms. The molecule has 0 radical (unpaired) electrons. The lowest BCUT2D eigenvalue weighted by Crippen LogP contribution is -2.31. The molecule has 4 heteroatoms. The molecule has 0 aromatic rings. The van der Waals surface area contributed by atoms with Gasteiger partial charge in [0.1, 0.15) is 6.29 Å². The number of allylic oxidation sites excluding steroid dienone is 1. The fourth-order valence-corrected chi connectivity index (χ4v) is 1.21.